The number of carbonyl (C=O) groups excluding carboxylic acids is 1. The van der Waals surface area contributed by atoms with Crippen LogP contribution in [0.2, 0.25) is 0 Å². The molecule has 4 aromatic rings. The highest BCUT2D eigenvalue weighted by Gasteiger charge is 2.27. The summed E-state index contributed by atoms with van der Waals surface area (Å²) >= 11 is 0. The molecule has 0 unspecified atom stereocenters. The van der Waals surface area contributed by atoms with Crippen LogP contribution in [-0.2, 0) is 7.05 Å². The van der Waals surface area contributed by atoms with Gasteiger partial charge in [-0.2, -0.15) is 0 Å². The molecule has 1 aliphatic rings. The Labute approximate surface area is 221 Å². The number of aryl methyl sites for hydroxylation is 1. The summed E-state index contributed by atoms with van der Waals surface area (Å²) in [5.74, 6) is -0.763. The molecule has 0 radical (unpaired) electrons. The molecule has 3 aromatic heterocycles. The molecular weight excluding hydrogens is 448 g/mol. The second-order valence-electron chi connectivity index (χ2n) is 9.45. The number of rotatable bonds is 5. The molecule has 36 heavy (non-hydrogen) atoms. The third-order valence-corrected chi connectivity index (χ3v) is 7.37. The van der Waals surface area contributed by atoms with E-state index in [-0.39, 0.29) is 22.4 Å². The van der Waals surface area contributed by atoms with E-state index >= 15 is 0 Å². The molecule has 1 saturated heterocycles. The summed E-state index contributed by atoms with van der Waals surface area (Å²) in [6.07, 6.45) is 5.29. The lowest BCUT2D eigenvalue weighted by molar-refractivity contribution is 0.0827. The van der Waals surface area contributed by atoms with Crippen molar-refractivity contribution in [1.29, 1.82) is 0 Å². The average molecular weight is 489 g/mol. The van der Waals surface area contributed by atoms with E-state index < -0.39 is 19.9 Å². The molecule has 7 nitrogen and oxygen atoms in total. The second-order valence-corrected chi connectivity index (χ2v) is 9.45. The third kappa shape index (κ3) is 4.46. The average Bonchev–Trinajstić information content (AvgIpc) is 3.28. The summed E-state index contributed by atoms with van der Waals surface area (Å²) in [4.78, 5) is 24.4. The molecule has 1 amide bonds. The summed E-state index contributed by atoms with van der Waals surface area (Å²) in [6, 6.07) is 14.7. The van der Waals surface area contributed by atoms with Crippen LogP contribution in [0.4, 0.5) is 5.69 Å². The highest BCUT2D eigenvalue weighted by atomic mass is 16.2. The second kappa shape index (κ2) is 9.74. The number of pyridine rings is 2. The lowest BCUT2D eigenvalue weighted by Gasteiger charge is -2.36. The molecule has 5 rings (SSSR count). The maximum Gasteiger partial charge on any atom is 0.253 e. The van der Waals surface area contributed by atoms with Crippen molar-refractivity contribution in [3.8, 4) is 11.3 Å². The molecule has 1 aliphatic heterocycles. The number of anilines is 1. The van der Waals surface area contributed by atoms with Crippen molar-refractivity contribution < 1.29 is 13.0 Å². The fourth-order valence-corrected chi connectivity index (χ4v) is 5.26. The molecule has 1 atom stereocenters. The zero-order chi connectivity index (χ0) is 30.4. The molecule has 2 N–H and O–H groups in total. The van der Waals surface area contributed by atoms with Crippen LogP contribution in [0.25, 0.3) is 22.3 Å². The van der Waals surface area contributed by atoms with E-state index in [1.54, 1.807) is 24.5 Å². The van der Waals surface area contributed by atoms with Crippen molar-refractivity contribution in [3.63, 3.8) is 0 Å². The first-order valence-corrected chi connectivity index (χ1v) is 12.1. The number of piperidine rings is 1. The van der Waals surface area contributed by atoms with E-state index in [1.165, 1.54) is 12.1 Å². The number of nitrogens with two attached hydrogens (primary N) is 1. The van der Waals surface area contributed by atoms with E-state index in [0.717, 1.165) is 59.5 Å². The Balaban J connectivity index is 1.28. The first-order valence-electron chi connectivity index (χ1n) is 15.1. The highest BCUT2D eigenvalue weighted by molar-refractivity contribution is 5.94. The standard InChI is InChI=1S/C29H34N6O/c1-19(35-15-12-21(13-16-35)20-5-7-22(8-6-20)29(36)33(2)3)27-17-25-24(11-14-31-28(25)34(27)4)26-10-9-23(30)18-32-26/h5-11,14,17-19,21H,12-13,15-16,30H2,1-4H3/t19-/m0/s1/i2D3,3D3. The van der Waals surface area contributed by atoms with Crippen molar-refractivity contribution >= 4 is 22.6 Å². The number of hydrogen-bond donors (Lipinski definition) is 1. The van der Waals surface area contributed by atoms with Gasteiger partial charge in [0, 0.05) is 63.7 Å². The molecule has 1 fully saturated rings. The maximum absolute atomic E-state index is 12.8. The van der Waals surface area contributed by atoms with Gasteiger partial charge in [0.25, 0.3) is 5.91 Å². The molecule has 0 spiro atoms. The Morgan fingerprint density at radius 3 is 2.53 bits per heavy atom. The molecule has 0 saturated carbocycles. The minimum atomic E-state index is -3.07. The Morgan fingerprint density at radius 1 is 1.11 bits per heavy atom. The predicted molar refractivity (Wildman–Crippen MR) is 145 cm³/mol. The molecule has 186 valence electrons. The fraction of sp³-hybridized carbons (Fsp3) is 0.345. The zero-order valence-corrected chi connectivity index (χ0v) is 20.5. The molecule has 7 heteroatoms. The fourth-order valence-electron chi connectivity index (χ4n) is 5.26. The van der Waals surface area contributed by atoms with Gasteiger partial charge >= 0.3 is 0 Å². The number of aromatic nitrogens is 3. The van der Waals surface area contributed by atoms with Crippen LogP contribution in [0.1, 0.15) is 61.6 Å². The Kier molecular flexibility index (Phi) is 4.78. The van der Waals surface area contributed by atoms with Crippen LogP contribution >= 0.6 is 0 Å². The normalized spacial score (nSPS) is 18.9. The smallest absolute Gasteiger partial charge is 0.253 e. The van der Waals surface area contributed by atoms with Gasteiger partial charge < -0.3 is 15.2 Å². The van der Waals surface area contributed by atoms with E-state index in [4.69, 9.17) is 14.0 Å². The Bertz CT molecular complexity index is 1560. The number of nitrogens with zero attached hydrogens (tertiary/aromatic N) is 5. The Morgan fingerprint density at radius 2 is 1.86 bits per heavy atom. The van der Waals surface area contributed by atoms with Crippen molar-refractivity contribution in [2.24, 2.45) is 7.05 Å². The molecule has 0 bridgehead atoms. The van der Waals surface area contributed by atoms with E-state index in [0.29, 0.717) is 5.69 Å². The summed E-state index contributed by atoms with van der Waals surface area (Å²) in [7, 11) is 2.04. The molecule has 0 aliphatic carbocycles. The number of amides is 1. The number of carbonyl (C=O) groups is 1. The lowest BCUT2D eigenvalue weighted by atomic mass is 9.88. The first kappa shape index (κ1) is 17.7. The van der Waals surface area contributed by atoms with Crippen LogP contribution in [0.5, 0.6) is 0 Å². The van der Waals surface area contributed by atoms with Crippen LogP contribution in [-0.4, -0.2) is 57.3 Å². The number of likely N-dealkylation sites (tertiary alicyclic amines) is 1. The van der Waals surface area contributed by atoms with Gasteiger partial charge in [0.1, 0.15) is 5.65 Å². The minimum absolute atomic E-state index is 0.00732. The largest absolute Gasteiger partial charge is 0.397 e. The summed E-state index contributed by atoms with van der Waals surface area (Å²) in [5.41, 5.74) is 11.4. The van der Waals surface area contributed by atoms with Crippen molar-refractivity contribution in [3.05, 3.63) is 77.7 Å². The molecule has 1 aromatic carbocycles. The quantitative estimate of drug-likeness (QED) is 0.434. The lowest BCUT2D eigenvalue weighted by Crippen LogP contribution is -2.35. The van der Waals surface area contributed by atoms with Gasteiger partial charge in [-0.3, -0.25) is 14.7 Å². The van der Waals surface area contributed by atoms with Gasteiger partial charge in [-0.1, -0.05) is 12.1 Å². The summed E-state index contributed by atoms with van der Waals surface area (Å²) in [6.45, 7) is -2.18. The van der Waals surface area contributed by atoms with E-state index in [2.05, 4.69) is 32.4 Å². The monoisotopic (exact) mass is 488 g/mol. The number of fused-ring (bicyclic) bond motifs is 1. The highest BCUT2D eigenvalue weighted by Crippen LogP contribution is 2.35. The first-order chi connectivity index (χ1) is 19.8. The van der Waals surface area contributed by atoms with E-state index in [1.807, 2.05) is 25.2 Å². The van der Waals surface area contributed by atoms with Crippen LogP contribution in [0, 0.1) is 0 Å². The van der Waals surface area contributed by atoms with Gasteiger partial charge in [-0.15, -0.1) is 0 Å². The van der Waals surface area contributed by atoms with Crippen molar-refractivity contribution in [2.45, 2.75) is 31.7 Å². The molecular formula is C29H34N6O. The summed E-state index contributed by atoms with van der Waals surface area (Å²) in [5, 5.41) is 1.04. The van der Waals surface area contributed by atoms with Crippen LogP contribution < -0.4 is 5.73 Å². The van der Waals surface area contributed by atoms with Crippen molar-refractivity contribution in [1.82, 2.24) is 24.3 Å². The Hall–Kier alpha value is -3.71. The predicted octanol–water partition coefficient (Wildman–Crippen LogP) is 4.86. The van der Waals surface area contributed by atoms with Gasteiger partial charge in [-0.05, 0) is 80.7 Å². The number of nitrogen functional groups attached to an aromatic ring is 1. The third-order valence-electron chi connectivity index (χ3n) is 7.37. The number of hydrogen-bond acceptors (Lipinski definition) is 5. The van der Waals surface area contributed by atoms with Crippen LogP contribution in [0.3, 0.4) is 0 Å². The molecule has 4 heterocycles. The summed E-state index contributed by atoms with van der Waals surface area (Å²) < 4.78 is 47.2. The SMILES string of the molecule is [2H]C([2H])([2H])N(C(=O)c1ccc(C2CCN([C@@H](C)c3cc4c(-c5ccc(N)cn5)ccnc4n3C)CC2)cc1)C([2H])([2H])[2H]. The van der Waals surface area contributed by atoms with Crippen LogP contribution in [0.15, 0.2) is 60.9 Å². The zero-order valence-electron chi connectivity index (χ0n) is 26.5. The van der Waals surface area contributed by atoms with Gasteiger partial charge in [-0.25, -0.2) is 4.98 Å². The maximum atomic E-state index is 12.8. The van der Waals surface area contributed by atoms with E-state index in [9.17, 15) is 4.79 Å². The van der Waals surface area contributed by atoms with Gasteiger partial charge in [0.05, 0.1) is 17.6 Å². The van der Waals surface area contributed by atoms with Crippen molar-refractivity contribution in [2.75, 3.05) is 32.8 Å². The van der Waals surface area contributed by atoms with Gasteiger partial charge in [0.2, 0.25) is 0 Å². The minimum Gasteiger partial charge on any atom is -0.397 e. The van der Waals surface area contributed by atoms with Gasteiger partial charge in [0.15, 0.2) is 0 Å². The number of benzene rings is 1. The topological polar surface area (TPSA) is 80.3 Å².